The Morgan fingerprint density at radius 2 is 1.61 bits per heavy atom. The third kappa shape index (κ3) is 4.81. The minimum Gasteiger partial charge on any atom is -0.454 e. The maximum atomic E-state index is 13.5. The average molecular weight is 514 g/mol. The van der Waals surface area contributed by atoms with Gasteiger partial charge < -0.3 is 25.0 Å². The minimum atomic E-state index is -0.622. The molecule has 8 nitrogen and oxygen atoms in total. The first-order chi connectivity index (χ1) is 18.2. The monoisotopic (exact) mass is 513 g/mol. The fraction of sp³-hybridized carbons (Fsp3) is 0.300. The van der Waals surface area contributed by atoms with Gasteiger partial charge in [0.25, 0.3) is 11.8 Å². The van der Waals surface area contributed by atoms with E-state index in [0.717, 1.165) is 24.0 Å². The van der Waals surface area contributed by atoms with E-state index < -0.39 is 5.41 Å². The Kier molecular flexibility index (Phi) is 6.57. The van der Waals surface area contributed by atoms with E-state index >= 15 is 0 Å². The molecule has 2 N–H and O–H groups in total. The summed E-state index contributed by atoms with van der Waals surface area (Å²) in [5, 5.41) is 6.01. The zero-order chi connectivity index (χ0) is 27.0. The number of nitrogens with one attached hydrogen (secondary N) is 2. The number of hydrogen-bond donors (Lipinski definition) is 2. The Labute approximate surface area is 221 Å². The Hall–Kier alpha value is -4.33. The molecule has 196 valence electrons. The third-order valence-electron chi connectivity index (χ3n) is 6.90. The van der Waals surface area contributed by atoms with Crippen molar-refractivity contribution < 1.29 is 23.9 Å². The number of benzene rings is 3. The third-order valence-corrected chi connectivity index (χ3v) is 6.90. The number of hydrogen-bond acceptors (Lipinski definition) is 5. The molecule has 1 heterocycles. The van der Waals surface area contributed by atoms with Gasteiger partial charge in [0.05, 0.1) is 5.41 Å². The first-order valence-electron chi connectivity index (χ1n) is 12.7. The van der Waals surface area contributed by atoms with Crippen LogP contribution in [0.5, 0.6) is 11.5 Å². The predicted molar refractivity (Wildman–Crippen MR) is 145 cm³/mol. The first kappa shape index (κ1) is 25.3. The SMILES string of the molecule is CC(C)NC(=O)c1ccc(NC(=O)C2(c3ccc4c(c3)OCO4)CC2)cc1-c1ccc(C(=O)N(C)C)cc1. The van der Waals surface area contributed by atoms with Crippen LogP contribution in [0, 0.1) is 0 Å². The molecule has 1 saturated carbocycles. The quantitative estimate of drug-likeness (QED) is 0.482. The summed E-state index contributed by atoms with van der Waals surface area (Å²) in [5.74, 6) is 0.922. The Balaban J connectivity index is 1.45. The topological polar surface area (TPSA) is 97.0 Å². The molecule has 3 aromatic carbocycles. The van der Waals surface area contributed by atoms with E-state index in [4.69, 9.17) is 9.47 Å². The molecule has 3 amide bonds. The van der Waals surface area contributed by atoms with Crippen LogP contribution in [0.3, 0.4) is 0 Å². The highest BCUT2D eigenvalue weighted by molar-refractivity contribution is 6.05. The largest absolute Gasteiger partial charge is 0.454 e. The second kappa shape index (κ2) is 9.85. The molecule has 2 aliphatic rings. The van der Waals surface area contributed by atoms with Gasteiger partial charge in [0.2, 0.25) is 12.7 Å². The summed E-state index contributed by atoms with van der Waals surface area (Å²) >= 11 is 0. The average Bonchev–Trinajstić information content (AvgIpc) is 3.58. The Morgan fingerprint density at radius 1 is 0.895 bits per heavy atom. The number of ether oxygens (including phenoxy) is 2. The van der Waals surface area contributed by atoms with Gasteiger partial charge >= 0.3 is 0 Å². The highest BCUT2D eigenvalue weighted by atomic mass is 16.7. The number of fused-ring (bicyclic) bond motifs is 1. The van der Waals surface area contributed by atoms with Crippen LogP contribution < -0.4 is 20.1 Å². The second-order valence-electron chi connectivity index (χ2n) is 10.3. The Morgan fingerprint density at radius 3 is 2.26 bits per heavy atom. The number of anilines is 1. The van der Waals surface area contributed by atoms with Gasteiger partial charge in [-0.15, -0.1) is 0 Å². The van der Waals surface area contributed by atoms with Gasteiger partial charge in [-0.25, -0.2) is 0 Å². The zero-order valence-corrected chi connectivity index (χ0v) is 22.0. The van der Waals surface area contributed by atoms with Crippen LogP contribution in [-0.2, 0) is 10.2 Å². The molecule has 0 radical (unpaired) electrons. The van der Waals surface area contributed by atoms with Gasteiger partial charge in [-0.05, 0) is 85.8 Å². The van der Waals surface area contributed by atoms with Crippen LogP contribution in [0.25, 0.3) is 11.1 Å². The smallest absolute Gasteiger partial charge is 0.253 e. The van der Waals surface area contributed by atoms with Crippen molar-refractivity contribution in [3.05, 3.63) is 77.4 Å². The summed E-state index contributed by atoms with van der Waals surface area (Å²) in [6.45, 7) is 3.99. The maximum absolute atomic E-state index is 13.5. The molecule has 5 rings (SSSR count). The summed E-state index contributed by atoms with van der Waals surface area (Å²) in [6.07, 6.45) is 1.48. The van der Waals surface area contributed by atoms with Gasteiger partial charge in [-0.2, -0.15) is 0 Å². The fourth-order valence-corrected chi connectivity index (χ4v) is 4.67. The highest BCUT2D eigenvalue weighted by Gasteiger charge is 2.51. The fourth-order valence-electron chi connectivity index (χ4n) is 4.67. The van der Waals surface area contributed by atoms with Crippen molar-refractivity contribution in [3.63, 3.8) is 0 Å². The molecule has 0 aromatic heterocycles. The normalized spacial score (nSPS) is 14.7. The summed E-state index contributed by atoms with van der Waals surface area (Å²) in [7, 11) is 3.40. The van der Waals surface area contributed by atoms with Crippen molar-refractivity contribution in [2.24, 2.45) is 0 Å². The van der Waals surface area contributed by atoms with E-state index in [9.17, 15) is 14.4 Å². The van der Waals surface area contributed by atoms with Gasteiger partial charge in [-0.1, -0.05) is 18.2 Å². The molecule has 1 aliphatic heterocycles. The van der Waals surface area contributed by atoms with Crippen LogP contribution in [0.1, 0.15) is 53.0 Å². The van der Waals surface area contributed by atoms with Crippen LogP contribution in [0.4, 0.5) is 5.69 Å². The van der Waals surface area contributed by atoms with E-state index in [0.29, 0.717) is 33.9 Å². The van der Waals surface area contributed by atoms with Crippen molar-refractivity contribution in [2.75, 3.05) is 26.2 Å². The molecule has 1 fully saturated rings. The molecule has 38 heavy (non-hydrogen) atoms. The van der Waals surface area contributed by atoms with Gasteiger partial charge in [-0.3, -0.25) is 14.4 Å². The number of carbonyl (C=O) groups excluding carboxylic acids is 3. The molecule has 0 unspecified atom stereocenters. The summed E-state index contributed by atoms with van der Waals surface area (Å²) in [6, 6.07) is 18.0. The molecule has 0 spiro atoms. The second-order valence-corrected chi connectivity index (χ2v) is 10.3. The maximum Gasteiger partial charge on any atom is 0.253 e. The molecule has 1 aliphatic carbocycles. The molecule has 0 saturated heterocycles. The lowest BCUT2D eigenvalue weighted by Crippen LogP contribution is -2.30. The van der Waals surface area contributed by atoms with E-state index in [1.54, 1.807) is 38.4 Å². The minimum absolute atomic E-state index is 0.0359. The van der Waals surface area contributed by atoms with Crippen LogP contribution in [-0.4, -0.2) is 49.6 Å². The first-order valence-corrected chi connectivity index (χ1v) is 12.7. The van der Waals surface area contributed by atoms with Crippen molar-refractivity contribution in [3.8, 4) is 22.6 Å². The number of amides is 3. The van der Waals surface area contributed by atoms with Crippen molar-refractivity contribution in [1.82, 2.24) is 10.2 Å². The van der Waals surface area contributed by atoms with E-state index in [1.165, 1.54) is 4.90 Å². The summed E-state index contributed by atoms with van der Waals surface area (Å²) < 4.78 is 10.9. The number of nitrogens with zero attached hydrogens (tertiary/aromatic N) is 1. The molecular weight excluding hydrogens is 482 g/mol. The Bertz CT molecular complexity index is 1410. The lowest BCUT2D eigenvalue weighted by molar-refractivity contribution is -0.118. The van der Waals surface area contributed by atoms with E-state index in [2.05, 4.69) is 10.6 Å². The van der Waals surface area contributed by atoms with E-state index in [1.807, 2.05) is 50.2 Å². The molecule has 0 bridgehead atoms. The number of carbonyl (C=O) groups is 3. The lowest BCUT2D eigenvalue weighted by atomic mass is 9.93. The van der Waals surface area contributed by atoms with Crippen LogP contribution in [0.2, 0.25) is 0 Å². The van der Waals surface area contributed by atoms with Gasteiger partial charge in [0.1, 0.15) is 0 Å². The molecule has 0 atom stereocenters. The van der Waals surface area contributed by atoms with Crippen molar-refractivity contribution in [2.45, 2.75) is 38.1 Å². The van der Waals surface area contributed by atoms with Crippen LogP contribution >= 0.6 is 0 Å². The van der Waals surface area contributed by atoms with Crippen molar-refractivity contribution >= 4 is 23.4 Å². The summed E-state index contributed by atoms with van der Waals surface area (Å²) in [4.78, 5) is 40.4. The molecule has 8 heteroatoms. The zero-order valence-electron chi connectivity index (χ0n) is 22.0. The van der Waals surface area contributed by atoms with Crippen molar-refractivity contribution in [1.29, 1.82) is 0 Å². The van der Waals surface area contributed by atoms with Gasteiger partial charge in [0, 0.05) is 37.0 Å². The standard InChI is InChI=1S/C30H31N3O5/c1-18(2)31-27(34)23-11-10-22(16-24(23)19-5-7-20(8-6-19)28(35)33(3)4)32-29(36)30(13-14-30)21-9-12-25-26(15-21)38-17-37-25/h5-12,15-16,18H,13-14,17H2,1-4H3,(H,31,34)(H,32,36). The highest BCUT2D eigenvalue weighted by Crippen LogP contribution is 2.51. The molecular formula is C30H31N3O5. The number of rotatable bonds is 7. The lowest BCUT2D eigenvalue weighted by Gasteiger charge is -2.18. The summed E-state index contributed by atoms with van der Waals surface area (Å²) in [5.41, 5.74) is 3.33. The van der Waals surface area contributed by atoms with Crippen LogP contribution in [0.15, 0.2) is 60.7 Å². The van der Waals surface area contributed by atoms with E-state index in [-0.39, 0.29) is 30.6 Å². The predicted octanol–water partition coefficient (Wildman–Crippen LogP) is 4.59. The molecule has 3 aromatic rings. The van der Waals surface area contributed by atoms with Gasteiger partial charge in [0.15, 0.2) is 11.5 Å².